The van der Waals surface area contributed by atoms with Gasteiger partial charge in [0.2, 0.25) is 0 Å². The van der Waals surface area contributed by atoms with E-state index in [2.05, 4.69) is 48.4 Å². The van der Waals surface area contributed by atoms with Crippen LogP contribution in [-0.4, -0.2) is 53.0 Å². The molecule has 4 aromatic rings. The summed E-state index contributed by atoms with van der Waals surface area (Å²) in [5.41, 5.74) is 5.10. The van der Waals surface area contributed by atoms with Gasteiger partial charge in [-0.3, -0.25) is 0 Å². The Labute approximate surface area is 210 Å². The zero-order valence-electron chi connectivity index (χ0n) is 20.0. The zero-order chi connectivity index (χ0) is 24.7. The van der Waals surface area contributed by atoms with E-state index in [0.29, 0.717) is 26.2 Å². The molecule has 0 bridgehead atoms. The van der Waals surface area contributed by atoms with Crippen LogP contribution in [0.2, 0.25) is 0 Å². The summed E-state index contributed by atoms with van der Waals surface area (Å²) in [6.07, 6.45) is 2.78. The van der Waals surface area contributed by atoms with Gasteiger partial charge in [-0.05, 0) is 72.4 Å². The molecule has 2 saturated heterocycles. The molecule has 1 aromatic heterocycles. The highest BCUT2D eigenvalue weighted by Crippen LogP contribution is 2.70. The van der Waals surface area contributed by atoms with E-state index in [0.717, 1.165) is 28.6 Å². The van der Waals surface area contributed by atoms with Crippen LogP contribution in [0.15, 0.2) is 72.9 Å². The Kier molecular flexibility index (Phi) is 4.75. The van der Waals surface area contributed by atoms with Crippen LogP contribution in [0.1, 0.15) is 29.0 Å². The van der Waals surface area contributed by atoms with Gasteiger partial charge in [0, 0.05) is 42.9 Å². The molecule has 36 heavy (non-hydrogen) atoms. The van der Waals surface area contributed by atoms with Gasteiger partial charge >= 0.3 is 0 Å². The first-order chi connectivity index (χ1) is 17.4. The van der Waals surface area contributed by atoms with Gasteiger partial charge in [0.15, 0.2) is 0 Å². The quantitative estimate of drug-likeness (QED) is 0.407. The van der Waals surface area contributed by atoms with E-state index in [1.165, 1.54) is 23.3 Å². The van der Waals surface area contributed by atoms with Crippen molar-refractivity contribution in [1.29, 1.82) is 0 Å². The monoisotopic (exact) mass is 502 g/mol. The molecule has 3 fully saturated rings. The van der Waals surface area contributed by atoms with Crippen molar-refractivity contribution in [1.82, 2.24) is 18.4 Å². The minimum absolute atomic E-state index is 0.235. The molecule has 0 radical (unpaired) electrons. The summed E-state index contributed by atoms with van der Waals surface area (Å²) in [6, 6.07) is 21.1. The van der Waals surface area contributed by atoms with Crippen molar-refractivity contribution < 1.29 is 12.8 Å². The van der Waals surface area contributed by atoms with Crippen LogP contribution in [0.4, 0.5) is 4.39 Å². The summed E-state index contributed by atoms with van der Waals surface area (Å²) < 4.78 is 45.2. The van der Waals surface area contributed by atoms with E-state index < -0.39 is 10.2 Å². The number of halogens is 1. The van der Waals surface area contributed by atoms with Gasteiger partial charge in [-0.2, -0.15) is 22.1 Å². The maximum atomic E-state index is 13.5. The van der Waals surface area contributed by atoms with Crippen LogP contribution in [0.5, 0.6) is 0 Å². The van der Waals surface area contributed by atoms with Crippen molar-refractivity contribution in [3.05, 3.63) is 95.4 Å². The van der Waals surface area contributed by atoms with Crippen LogP contribution < -0.4 is 0 Å². The lowest BCUT2D eigenvalue weighted by Gasteiger charge is -2.35. The lowest BCUT2D eigenvalue weighted by molar-refractivity contribution is 0.275. The molecule has 8 heteroatoms. The van der Waals surface area contributed by atoms with Crippen LogP contribution in [-0.2, 0) is 15.6 Å². The van der Waals surface area contributed by atoms with E-state index in [4.69, 9.17) is 0 Å². The molecular formula is C28H27FN4O2S. The smallest absolute Gasteiger partial charge is 0.233 e. The highest BCUT2D eigenvalue weighted by atomic mass is 32.2. The number of hydrogen-bond donors (Lipinski definition) is 0. The molecule has 0 spiro atoms. The highest BCUT2D eigenvalue weighted by molar-refractivity contribution is 7.86. The van der Waals surface area contributed by atoms with E-state index in [-0.39, 0.29) is 23.1 Å². The number of aromatic nitrogens is 2. The summed E-state index contributed by atoms with van der Waals surface area (Å²) >= 11 is 0. The zero-order valence-corrected chi connectivity index (χ0v) is 20.8. The Balaban J connectivity index is 1.32. The predicted octanol–water partition coefficient (Wildman–Crippen LogP) is 4.39. The molecule has 3 aromatic carbocycles. The molecule has 2 aliphatic heterocycles. The maximum Gasteiger partial charge on any atom is 0.282 e. The average Bonchev–Trinajstić information content (AvgIpc) is 3.10. The van der Waals surface area contributed by atoms with Gasteiger partial charge in [-0.1, -0.05) is 30.3 Å². The summed E-state index contributed by atoms with van der Waals surface area (Å²) in [6.45, 7) is 4.38. The fourth-order valence-electron chi connectivity index (χ4n) is 6.55. The molecule has 3 heterocycles. The van der Waals surface area contributed by atoms with Crippen molar-refractivity contribution in [2.24, 2.45) is 5.92 Å². The SMILES string of the molecule is Cc1cc2c(cnn2-c2ccc(F)cc2)cc1[C@]12CN(S(=O)(=O)N3CCC3)C[C@H]1[C@@H]2c1ccccc1. The number of piperidine rings is 1. The van der Waals surface area contributed by atoms with Gasteiger partial charge in [0.25, 0.3) is 10.2 Å². The van der Waals surface area contributed by atoms with Crippen molar-refractivity contribution in [2.45, 2.75) is 24.7 Å². The second kappa shape index (κ2) is 7.71. The van der Waals surface area contributed by atoms with Gasteiger partial charge in [-0.25, -0.2) is 9.07 Å². The first-order valence-corrected chi connectivity index (χ1v) is 13.8. The minimum Gasteiger partial charge on any atom is -0.233 e. The molecule has 0 unspecified atom stereocenters. The molecule has 6 nitrogen and oxygen atoms in total. The highest BCUT2D eigenvalue weighted by Gasteiger charge is 2.71. The minimum atomic E-state index is -3.43. The van der Waals surface area contributed by atoms with Crippen LogP contribution >= 0.6 is 0 Å². The third-order valence-electron chi connectivity index (χ3n) is 8.46. The van der Waals surface area contributed by atoms with Crippen molar-refractivity contribution >= 4 is 21.1 Å². The number of aryl methyl sites for hydroxylation is 1. The number of rotatable bonds is 5. The van der Waals surface area contributed by atoms with Gasteiger partial charge in [0.1, 0.15) is 5.82 Å². The van der Waals surface area contributed by atoms with Crippen LogP contribution in [0, 0.1) is 18.7 Å². The summed E-state index contributed by atoms with van der Waals surface area (Å²) in [5, 5.41) is 5.59. The van der Waals surface area contributed by atoms with Gasteiger partial charge < -0.3 is 0 Å². The Morgan fingerprint density at radius 1 is 1.00 bits per heavy atom. The fraction of sp³-hybridized carbons (Fsp3) is 0.321. The first-order valence-electron chi connectivity index (χ1n) is 12.4. The third-order valence-corrected chi connectivity index (χ3v) is 10.4. The molecule has 1 aliphatic carbocycles. The molecule has 7 rings (SSSR count). The average molecular weight is 503 g/mol. The van der Waals surface area contributed by atoms with Crippen molar-refractivity contribution in [3.8, 4) is 5.69 Å². The number of nitrogens with zero attached hydrogens (tertiary/aromatic N) is 4. The summed E-state index contributed by atoms with van der Waals surface area (Å²) in [7, 11) is -3.43. The molecule has 0 N–H and O–H groups in total. The van der Waals surface area contributed by atoms with Crippen LogP contribution in [0.25, 0.3) is 16.6 Å². The number of benzene rings is 3. The molecule has 3 aliphatic rings. The molecule has 3 atom stereocenters. The normalized spacial score (nSPS) is 26.2. The van der Waals surface area contributed by atoms with Gasteiger partial charge in [0.05, 0.1) is 17.4 Å². The largest absolute Gasteiger partial charge is 0.282 e. The Morgan fingerprint density at radius 3 is 2.44 bits per heavy atom. The Morgan fingerprint density at radius 2 is 1.75 bits per heavy atom. The first kappa shape index (κ1) is 22.2. The summed E-state index contributed by atoms with van der Waals surface area (Å²) in [4.78, 5) is 0. The van der Waals surface area contributed by atoms with Gasteiger partial charge in [-0.15, -0.1) is 0 Å². The van der Waals surface area contributed by atoms with Crippen molar-refractivity contribution in [2.75, 3.05) is 26.2 Å². The number of hydrogen-bond acceptors (Lipinski definition) is 3. The Hall–Kier alpha value is -3.07. The maximum absolute atomic E-state index is 13.5. The van der Waals surface area contributed by atoms with E-state index >= 15 is 0 Å². The topological polar surface area (TPSA) is 58.4 Å². The lowest BCUT2D eigenvalue weighted by Crippen LogP contribution is -2.50. The fourth-order valence-corrected chi connectivity index (χ4v) is 8.32. The second-order valence-corrected chi connectivity index (χ2v) is 12.3. The number of fused-ring (bicyclic) bond motifs is 2. The standard InChI is InChI=1S/C28H27FN4O2S/c1-19-14-26-21(16-30-33(26)23-10-8-22(29)9-11-23)15-24(19)28-18-32(36(34,35)31-12-5-13-31)17-25(28)27(28)20-6-3-2-4-7-20/h2-4,6-11,14-16,25,27H,5,12-13,17-18H2,1H3/t25-,27-,28+/m0/s1. The van der Waals surface area contributed by atoms with E-state index in [1.807, 2.05) is 16.9 Å². The Bertz CT molecular complexity index is 1580. The molecule has 1 saturated carbocycles. The van der Waals surface area contributed by atoms with E-state index in [9.17, 15) is 12.8 Å². The second-order valence-electron chi connectivity index (χ2n) is 10.3. The van der Waals surface area contributed by atoms with E-state index in [1.54, 1.807) is 20.7 Å². The van der Waals surface area contributed by atoms with Crippen molar-refractivity contribution in [3.63, 3.8) is 0 Å². The summed E-state index contributed by atoms with van der Waals surface area (Å²) in [5.74, 6) is 0.238. The third kappa shape index (κ3) is 3.07. The molecular weight excluding hydrogens is 475 g/mol. The molecule has 184 valence electrons. The van der Waals surface area contributed by atoms with Crippen LogP contribution in [0.3, 0.4) is 0 Å². The lowest BCUT2D eigenvalue weighted by atomic mass is 9.87. The predicted molar refractivity (Wildman–Crippen MR) is 137 cm³/mol. The molecule has 0 amide bonds.